The Bertz CT molecular complexity index is 680. The van der Waals surface area contributed by atoms with Crippen LogP contribution in [0.25, 0.3) is 0 Å². The first-order valence-electron chi connectivity index (χ1n) is 7.81. The Hall–Kier alpha value is -1.32. The van der Waals surface area contributed by atoms with Gasteiger partial charge < -0.3 is 4.90 Å². The van der Waals surface area contributed by atoms with Gasteiger partial charge in [-0.3, -0.25) is 4.79 Å². The van der Waals surface area contributed by atoms with E-state index in [1.54, 1.807) is 11.3 Å². The number of amides is 1. The van der Waals surface area contributed by atoms with Gasteiger partial charge in [-0.2, -0.15) is 0 Å². The predicted molar refractivity (Wildman–Crippen MR) is 90.2 cm³/mol. The van der Waals surface area contributed by atoms with Gasteiger partial charge in [-0.25, -0.2) is 0 Å². The largest absolute Gasteiger partial charge is 0.334 e. The molecule has 0 radical (unpaired) electrons. The maximum atomic E-state index is 12.9. The molecule has 0 aliphatic heterocycles. The molecule has 114 valence electrons. The Morgan fingerprint density at radius 2 is 2.05 bits per heavy atom. The van der Waals surface area contributed by atoms with Crippen molar-refractivity contribution in [3.63, 3.8) is 0 Å². The summed E-state index contributed by atoms with van der Waals surface area (Å²) < 4.78 is 0. The first-order valence-corrected chi connectivity index (χ1v) is 9.07. The molecule has 4 heteroatoms. The molecule has 1 aromatic heterocycles. The van der Waals surface area contributed by atoms with E-state index in [-0.39, 0.29) is 5.92 Å². The summed E-state index contributed by atoms with van der Waals surface area (Å²) in [5.74, 6) is 0.757. The second kappa shape index (κ2) is 5.71. The molecular formula is C18H18ClNOS. The lowest BCUT2D eigenvalue weighted by Crippen LogP contribution is -2.33. The number of nitrogens with zero attached hydrogens (tertiary/aromatic N) is 1. The average molecular weight is 332 g/mol. The maximum Gasteiger partial charge on any atom is 0.226 e. The quantitative estimate of drug-likeness (QED) is 0.778. The summed E-state index contributed by atoms with van der Waals surface area (Å²) >= 11 is 8.01. The minimum absolute atomic E-state index is 0.125. The van der Waals surface area contributed by atoms with E-state index in [0.717, 1.165) is 36.4 Å². The van der Waals surface area contributed by atoms with Gasteiger partial charge >= 0.3 is 0 Å². The maximum absolute atomic E-state index is 12.9. The van der Waals surface area contributed by atoms with Crippen LogP contribution in [0.4, 0.5) is 0 Å². The molecule has 0 saturated heterocycles. The third-order valence-corrected chi connectivity index (χ3v) is 5.79. The van der Waals surface area contributed by atoms with Crippen molar-refractivity contribution in [2.75, 3.05) is 0 Å². The van der Waals surface area contributed by atoms with E-state index in [0.29, 0.717) is 17.9 Å². The SMILES string of the molecule is O=C(C1CC1c1ccccc1Cl)N(Cc1cccs1)C1CC1. The molecule has 0 spiro atoms. The number of hydrogen-bond donors (Lipinski definition) is 0. The molecule has 2 atom stereocenters. The molecular weight excluding hydrogens is 314 g/mol. The van der Waals surface area contributed by atoms with Crippen LogP contribution in [-0.4, -0.2) is 16.8 Å². The van der Waals surface area contributed by atoms with Crippen LogP contribution in [0.3, 0.4) is 0 Å². The fourth-order valence-electron chi connectivity index (χ4n) is 3.14. The fraction of sp³-hybridized carbons (Fsp3) is 0.389. The second-order valence-electron chi connectivity index (χ2n) is 6.25. The number of benzene rings is 1. The van der Waals surface area contributed by atoms with Crippen molar-refractivity contribution in [2.45, 2.75) is 37.8 Å². The number of thiophene rings is 1. The predicted octanol–water partition coefficient (Wildman–Crippen LogP) is 4.70. The fourth-order valence-corrected chi connectivity index (χ4v) is 4.12. The molecule has 2 aliphatic rings. The smallest absolute Gasteiger partial charge is 0.226 e. The Balaban J connectivity index is 1.48. The zero-order valence-electron chi connectivity index (χ0n) is 12.2. The summed E-state index contributed by atoms with van der Waals surface area (Å²) in [4.78, 5) is 16.3. The van der Waals surface area contributed by atoms with Crippen LogP contribution in [0.2, 0.25) is 5.02 Å². The van der Waals surface area contributed by atoms with Gasteiger partial charge in [0.25, 0.3) is 0 Å². The highest BCUT2D eigenvalue weighted by Gasteiger charge is 2.48. The molecule has 1 aromatic carbocycles. The second-order valence-corrected chi connectivity index (χ2v) is 7.69. The topological polar surface area (TPSA) is 20.3 Å². The van der Waals surface area contributed by atoms with Gasteiger partial charge in [0.15, 0.2) is 0 Å². The van der Waals surface area contributed by atoms with E-state index in [4.69, 9.17) is 11.6 Å². The van der Waals surface area contributed by atoms with Gasteiger partial charge in [0.1, 0.15) is 0 Å². The Morgan fingerprint density at radius 1 is 1.23 bits per heavy atom. The van der Waals surface area contributed by atoms with Crippen molar-refractivity contribution < 1.29 is 4.79 Å². The van der Waals surface area contributed by atoms with E-state index < -0.39 is 0 Å². The number of rotatable bonds is 5. The Kier molecular flexibility index (Phi) is 3.71. The molecule has 1 heterocycles. The van der Waals surface area contributed by atoms with Crippen molar-refractivity contribution in [3.05, 3.63) is 57.2 Å². The number of hydrogen-bond acceptors (Lipinski definition) is 2. The zero-order valence-corrected chi connectivity index (χ0v) is 13.8. The van der Waals surface area contributed by atoms with Crippen LogP contribution in [-0.2, 0) is 11.3 Å². The van der Waals surface area contributed by atoms with Crippen LogP contribution in [0.1, 0.15) is 35.6 Å². The molecule has 0 N–H and O–H groups in total. The highest BCUT2D eigenvalue weighted by molar-refractivity contribution is 7.09. The lowest BCUT2D eigenvalue weighted by Gasteiger charge is -2.22. The van der Waals surface area contributed by atoms with E-state index >= 15 is 0 Å². The summed E-state index contributed by atoms with van der Waals surface area (Å²) in [6.45, 7) is 0.771. The van der Waals surface area contributed by atoms with Crippen molar-refractivity contribution in [1.29, 1.82) is 0 Å². The third kappa shape index (κ3) is 2.80. The first-order chi connectivity index (χ1) is 10.7. The normalized spacial score (nSPS) is 23.3. The number of carbonyl (C=O) groups is 1. The molecule has 4 rings (SSSR count). The van der Waals surface area contributed by atoms with Crippen molar-refractivity contribution in [2.24, 2.45) is 5.92 Å². The van der Waals surface area contributed by atoms with Crippen LogP contribution >= 0.6 is 22.9 Å². The van der Waals surface area contributed by atoms with Gasteiger partial charge in [-0.15, -0.1) is 11.3 Å². The standard InChI is InChI=1S/C18H18ClNOS/c19-17-6-2-1-5-14(17)15-10-16(15)18(21)20(12-7-8-12)11-13-4-3-9-22-13/h1-6,9,12,15-16H,7-8,10-11H2. The molecule has 2 fully saturated rings. The highest BCUT2D eigenvalue weighted by Crippen LogP contribution is 2.51. The average Bonchev–Trinajstić information content (AvgIpc) is 3.44. The summed E-state index contributed by atoms with van der Waals surface area (Å²) in [5.41, 5.74) is 1.13. The first kappa shape index (κ1) is 14.3. The molecule has 1 amide bonds. The summed E-state index contributed by atoms with van der Waals surface area (Å²) in [6, 6.07) is 12.6. The van der Waals surface area contributed by atoms with Crippen LogP contribution in [0.15, 0.2) is 41.8 Å². The molecule has 2 aliphatic carbocycles. The van der Waals surface area contributed by atoms with E-state index in [1.165, 1.54) is 4.88 Å². The van der Waals surface area contributed by atoms with Crippen molar-refractivity contribution >= 4 is 28.8 Å². The minimum Gasteiger partial charge on any atom is -0.334 e. The monoisotopic (exact) mass is 331 g/mol. The van der Waals surface area contributed by atoms with Crippen molar-refractivity contribution in [1.82, 2.24) is 4.90 Å². The van der Waals surface area contributed by atoms with E-state index in [1.807, 2.05) is 18.2 Å². The lowest BCUT2D eigenvalue weighted by molar-refractivity contribution is -0.133. The summed E-state index contributed by atoms with van der Waals surface area (Å²) in [5, 5.41) is 2.87. The lowest BCUT2D eigenvalue weighted by atomic mass is 10.1. The molecule has 2 unspecified atom stereocenters. The van der Waals surface area contributed by atoms with E-state index in [2.05, 4.69) is 28.5 Å². The van der Waals surface area contributed by atoms with E-state index in [9.17, 15) is 4.79 Å². The summed E-state index contributed by atoms with van der Waals surface area (Å²) in [7, 11) is 0. The Labute approximate surface area is 139 Å². The van der Waals surface area contributed by atoms with Gasteiger partial charge in [0.2, 0.25) is 5.91 Å². The van der Waals surface area contributed by atoms with Crippen LogP contribution < -0.4 is 0 Å². The van der Waals surface area contributed by atoms with Gasteiger partial charge in [0, 0.05) is 21.9 Å². The number of carbonyl (C=O) groups excluding carboxylic acids is 1. The Morgan fingerprint density at radius 3 is 2.73 bits per heavy atom. The van der Waals surface area contributed by atoms with Crippen LogP contribution in [0, 0.1) is 5.92 Å². The van der Waals surface area contributed by atoms with Gasteiger partial charge in [-0.1, -0.05) is 35.9 Å². The molecule has 2 saturated carbocycles. The van der Waals surface area contributed by atoms with Crippen molar-refractivity contribution in [3.8, 4) is 0 Å². The summed E-state index contributed by atoms with van der Waals surface area (Å²) in [6.07, 6.45) is 3.25. The van der Waals surface area contributed by atoms with Gasteiger partial charge in [-0.05, 0) is 48.3 Å². The molecule has 22 heavy (non-hydrogen) atoms. The minimum atomic E-state index is 0.125. The van der Waals surface area contributed by atoms with Gasteiger partial charge in [0.05, 0.1) is 6.54 Å². The zero-order chi connectivity index (χ0) is 15.1. The number of halogens is 1. The van der Waals surface area contributed by atoms with Crippen LogP contribution in [0.5, 0.6) is 0 Å². The highest BCUT2D eigenvalue weighted by atomic mass is 35.5. The molecule has 0 bridgehead atoms. The molecule has 2 nitrogen and oxygen atoms in total. The molecule has 2 aromatic rings. The third-order valence-electron chi connectivity index (χ3n) is 4.59.